The molecule has 0 aliphatic carbocycles. The van der Waals surface area contributed by atoms with Crippen molar-refractivity contribution in [3.63, 3.8) is 0 Å². The van der Waals surface area contributed by atoms with Gasteiger partial charge < -0.3 is 20.7 Å². The van der Waals surface area contributed by atoms with Crippen LogP contribution in [0.2, 0.25) is 5.02 Å². The minimum atomic E-state index is -0.823. The summed E-state index contributed by atoms with van der Waals surface area (Å²) < 4.78 is 36.2. The average Bonchev–Trinajstić information content (AvgIpc) is 3.12. The molecule has 3 heterocycles. The van der Waals surface area contributed by atoms with Crippen molar-refractivity contribution in [3.8, 4) is 22.9 Å². The lowest BCUT2D eigenvalue weighted by Gasteiger charge is -2.38. The predicted octanol–water partition coefficient (Wildman–Crippen LogP) is 4.15. The molecule has 6 nitrogen and oxygen atoms in total. The van der Waals surface area contributed by atoms with E-state index in [1.807, 2.05) is 6.07 Å². The number of hydrogen-bond donors (Lipinski definition) is 2. The Balaban J connectivity index is 1.74. The molecule has 3 N–H and O–H groups in total. The molecular weight excluding hydrogens is 458 g/mol. The van der Waals surface area contributed by atoms with Crippen molar-refractivity contribution in [1.29, 1.82) is 5.26 Å². The highest BCUT2D eigenvalue weighted by Crippen LogP contribution is 2.46. The second-order valence-corrected chi connectivity index (χ2v) is 9.13. The van der Waals surface area contributed by atoms with Crippen LogP contribution in [-0.4, -0.2) is 43.1 Å². The predicted molar refractivity (Wildman–Crippen MR) is 119 cm³/mol. The Morgan fingerprint density at radius 1 is 1.34 bits per heavy atom. The quantitative estimate of drug-likeness (QED) is 0.553. The number of amides is 1. The van der Waals surface area contributed by atoms with Gasteiger partial charge in [-0.1, -0.05) is 17.7 Å². The molecule has 1 amide bonds. The molecule has 164 valence electrons. The third-order valence-corrected chi connectivity index (χ3v) is 7.24. The van der Waals surface area contributed by atoms with Crippen LogP contribution in [0, 0.1) is 23.0 Å². The van der Waals surface area contributed by atoms with Gasteiger partial charge in [0.1, 0.15) is 16.9 Å². The summed E-state index contributed by atoms with van der Waals surface area (Å²) in [5.74, 6) is -1.93. The first kappa shape index (κ1) is 20.9. The molecule has 1 fully saturated rings. The van der Waals surface area contributed by atoms with Crippen LogP contribution in [0.3, 0.4) is 0 Å². The summed E-state index contributed by atoms with van der Waals surface area (Å²) in [6, 6.07) is 5.85. The highest BCUT2D eigenvalue weighted by molar-refractivity contribution is 7.23. The number of halogens is 3. The number of carbonyl (C=O) groups excluding carboxylic acids is 1. The third kappa shape index (κ3) is 3.10. The van der Waals surface area contributed by atoms with Gasteiger partial charge in [0.15, 0.2) is 11.6 Å². The van der Waals surface area contributed by atoms with Crippen molar-refractivity contribution in [2.75, 3.05) is 32.0 Å². The summed E-state index contributed by atoms with van der Waals surface area (Å²) in [7, 11) is 0. The monoisotopic (exact) mass is 474 g/mol. The summed E-state index contributed by atoms with van der Waals surface area (Å²) in [6.45, 7) is 2.01. The summed E-state index contributed by atoms with van der Waals surface area (Å²) in [6.07, 6.45) is 0.552. The zero-order valence-electron chi connectivity index (χ0n) is 16.7. The number of anilines is 1. The second-order valence-electron chi connectivity index (χ2n) is 7.67. The van der Waals surface area contributed by atoms with Crippen LogP contribution >= 0.6 is 22.9 Å². The fourth-order valence-electron chi connectivity index (χ4n) is 4.39. The summed E-state index contributed by atoms with van der Waals surface area (Å²) in [5, 5.41) is 13.1. The molecule has 1 atom stereocenters. The van der Waals surface area contributed by atoms with Gasteiger partial charge in [-0.05, 0) is 17.7 Å². The fraction of sp³-hybridized carbons (Fsp3) is 0.273. The Kier molecular flexibility index (Phi) is 5.16. The highest BCUT2D eigenvalue weighted by atomic mass is 35.5. The van der Waals surface area contributed by atoms with Crippen LogP contribution in [0.5, 0.6) is 5.75 Å². The molecular formula is C22H17ClF2N4O2S. The van der Waals surface area contributed by atoms with Crippen LogP contribution in [0.4, 0.5) is 13.8 Å². The van der Waals surface area contributed by atoms with Gasteiger partial charge in [0.25, 0.3) is 5.91 Å². The molecule has 2 aromatic carbocycles. The molecule has 0 radical (unpaired) electrons. The van der Waals surface area contributed by atoms with Gasteiger partial charge in [0.05, 0.1) is 27.5 Å². The number of piperazine rings is 1. The number of ether oxygens (including phenoxy) is 1. The largest absolute Gasteiger partial charge is 0.490 e. The van der Waals surface area contributed by atoms with Gasteiger partial charge in [-0.3, -0.25) is 4.79 Å². The lowest BCUT2D eigenvalue weighted by Crippen LogP contribution is -2.54. The highest BCUT2D eigenvalue weighted by Gasteiger charge is 2.34. The number of benzene rings is 2. The molecule has 32 heavy (non-hydrogen) atoms. The maximum atomic E-state index is 15.9. The van der Waals surface area contributed by atoms with Crippen molar-refractivity contribution in [2.24, 2.45) is 0 Å². The van der Waals surface area contributed by atoms with E-state index in [2.05, 4.69) is 5.32 Å². The second kappa shape index (κ2) is 7.89. The molecule has 5 rings (SSSR count). The number of nitrogens with zero attached hydrogens (tertiary/aromatic N) is 2. The van der Waals surface area contributed by atoms with Gasteiger partial charge >= 0.3 is 0 Å². The van der Waals surface area contributed by atoms with E-state index in [0.717, 1.165) is 11.3 Å². The Labute approximate surface area is 191 Å². The van der Waals surface area contributed by atoms with E-state index in [0.29, 0.717) is 26.1 Å². The van der Waals surface area contributed by atoms with Gasteiger partial charge in [-0.15, -0.1) is 11.3 Å². The minimum Gasteiger partial charge on any atom is -0.490 e. The van der Waals surface area contributed by atoms with Crippen molar-refractivity contribution in [2.45, 2.75) is 12.5 Å². The Morgan fingerprint density at radius 2 is 2.16 bits per heavy atom. The number of rotatable bonds is 1. The Hall–Kier alpha value is -2.93. The third-order valence-electron chi connectivity index (χ3n) is 5.91. The van der Waals surface area contributed by atoms with E-state index >= 15 is 4.39 Å². The minimum absolute atomic E-state index is 0.0352. The molecule has 0 unspecified atom stereocenters. The smallest absolute Gasteiger partial charge is 0.258 e. The first-order valence-corrected chi connectivity index (χ1v) is 11.2. The number of nitriles is 1. The standard InChI is InChI=1S/C22H17ClF2N4O2S/c23-14-7-12-19(31-6-3-10-9-28-4-5-29(10)22(12)30)18(25)17(14)11-1-2-15(24)20-16(11)13(8-26)21(27)32-20/h1-2,7,10,28H,3-6,9,27H2/t10-/m0/s1. The van der Waals surface area contributed by atoms with Gasteiger partial charge in [-0.2, -0.15) is 5.26 Å². The fourth-order valence-corrected chi connectivity index (χ4v) is 5.64. The van der Waals surface area contributed by atoms with Gasteiger partial charge in [0.2, 0.25) is 0 Å². The first-order valence-electron chi connectivity index (χ1n) is 9.99. The topological polar surface area (TPSA) is 91.4 Å². The van der Waals surface area contributed by atoms with Crippen LogP contribution in [0.1, 0.15) is 22.3 Å². The number of thiophene rings is 1. The lowest BCUT2D eigenvalue weighted by molar-refractivity contribution is 0.0572. The zero-order chi connectivity index (χ0) is 22.6. The molecule has 0 saturated carbocycles. The van der Waals surface area contributed by atoms with E-state index in [9.17, 15) is 14.4 Å². The molecule has 2 aliphatic rings. The van der Waals surface area contributed by atoms with Crippen molar-refractivity contribution in [3.05, 3.63) is 46.0 Å². The van der Waals surface area contributed by atoms with Gasteiger partial charge in [0, 0.05) is 43.0 Å². The van der Waals surface area contributed by atoms with E-state index in [1.54, 1.807) is 4.90 Å². The number of nitrogen functional groups attached to an aromatic ring is 1. The number of fused-ring (bicyclic) bond motifs is 3. The molecule has 10 heteroatoms. The van der Waals surface area contributed by atoms with E-state index in [-0.39, 0.29) is 66.7 Å². The maximum absolute atomic E-state index is 15.9. The van der Waals surface area contributed by atoms with E-state index in [1.165, 1.54) is 18.2 Å². The molecule has 2 aliphatic heterocycles. The lowest BCUT2D eigenvalue weighted by atomic mass is 9.95. The van der Waals surface area contributed by atoms with Crippen LogP contribution in [-0.2, 0) is 0 Å². The first-order chi connectivity index (χ1) is 15.4. The van der Waals surface area contributed by atoms with Crippen molar-refractivity contribution >= 4 is 43.9 Å². The van der Waals surface area contributed by atoms with Crippen LogP contribution in [0.25, 0.3) is 21.2 Å². The van der Waals surface area contributed by atoms with Crippen molar-refractivity contribution < 1.29 is 18.3 Å². The van der Waals surface area contributed by atoms with Crippen LogP contribution < -0.4 is 15.8 Å². The number of carbonyl (C=O) groups is 1. The molecule has 0 bridgehead atoms. The normalized spacial score (nSPS) is 18.4. The zero-order valence-corrected chi connectivity index (χ0v) is 18.2. The number of nitrogens with two attached hydrogens (primary N) is 1. The SMILES string of the molecule is N#Cc1c(N)sc2c(F)ccc(-c3c(Cl)cc4c(c3F)OCC[C@H]3CNCCN3C4=O)c12. The molecule has 1 aromatic heterocycles. The molecule has 1 saturated heterocycles. The number of hydrogen-bond acceptors (Lipinski definition) is 6. The van der Waals surface area contributed by atoms with Crippen molar-refractivity contribution in [1.82, 2.24) is 10.2 Å². The van der Waals surface area contributed by atoms with E-state index in [4.69, 9.17) is 22.1 Å². The molecule has 0 spiro atoms. The van der Waals surface area contributed by atoms with Crippen LogP contribution in [0.15, 0.2) is 18.2 Å². The summed E-state index contributed by atoms with van der Waals surface area (Å²) in [4.78, 5) is 14.9. The van der Waals surface area contributed by atoms with E-state index < -0.39 is 11.6 Å². The number of nitrogens with one attached hydrogen (secondary N) is 1. The maximum Gasteiger partial charge on any atom is 0.258 e. The Bertz CT molecular complexity index is 1320. The average molecular weight is 475 g/mol. The summed E-state index contributed by atoms with van der Waals surface area (Å²) in [5.41, 5.74) is 6.17. The molecule has 3 aromatic rings. The summed E-state index contributed by atoms with van der Waals surface area (Å²) >= 11 is 7.41. The van der Waals surface area contributed by atoms with Gasteiger partial charge in [-0.25, -0.2) is 8.78 Å². The Morgan fingerprint density at radius 3 is 2.94 bits per heavy atom.